The Morgan fingerprint density at radius 2 is 1.40 bits per heavy atom. The van der Waals surface area contributed by atoms with Crippen molar-refractivity contribution in [2.45, 2.75) is 22.5 Å². The Bertz CT molecular complexity index is 170. The Kier molecular flexibility index (Phi) is 1.07. The van der Waals surface area contributed by atoms with Gasteiger partial charge in [0, 0.05) is 0 Å². The highest BCUT2D eigenvalue weighted by atomic mass is 79.9. The maximum Gasteiger partial charge on any atom is 0.0868 e. The summed E-state index contributed by atoms with van der Waals surface area (Å²) in [5.74, 6) is 4.18. The summed E-state index contributed by atoms with van der Waals surface area (Å²) in [6.07, 6.45) is 4.53. The number of rotatable bonds is 0. The van der Waals surface area contributed by atoms with E-state index in [1.54, 1.807) is 6.42 Å². The fourth-order valence-electron chi connectivity index (χ4n) is 2.64. The Morgan fingerprint density at radius 3 is 1.90 bits per heavy atom. The molecule has 3 rings (SSSR count). The third-order valence-corrected chi connectivity index (χ3v) is 5.90. The van der Waals surface area contributed by atoms with E-state index in [0.717, 1.165) is 23.7 Å². The van der Waals surface area contributed by atoms with Gasteiger partial charge >= 0.3 is 0 Å². The van der Waals surface area contributed by atoms with Crippen LogP contribution in [-0.4, -0.2) is 3.23 Å². The molecule has 0 radical (unpaired) electrons. The minimum Gasteiger partial charge on any atom is -0.0721 e. The molecule has 0 saturated heterocycles. The third kappa shape index (κ3) is 0.677. The fourth-order valence-corrected chi connectivity index (χ4v) is 4.40. The van der Waals surface area contributed by atoms with Crippen LogP contribution in [-0.2, 0) is 0 Å². The predicted octanol–water partition coefficient (Wildman–Crippen LogP) is 3.15. The highest BCUT2D eigenvalue weighted by Gasteiger charge is 2.67. The predicted molar refractivity (Wildman–Crippen MR) is 48.4 cm³/mol. The SMILES string of the molecule is BrC1(Br)C2CC3CC3CC21. The molecule has 0 spiro atoms. The van der Waals surface area contributed by atoms with Crippen LogP contribution in [0.4, 0.5) is 0 Å². The maximum absolute atomic E-state index is 3.74. The lowest BCUT2D eigenvalue weighted by Gasteiger charge is -2.03. The summed E-state index contributed by atoms with van der Waals surface area (Å²) in [5.41, 5.74) is 0. The molecule has 0 nitrogen and oxygen atoms in total. The Morgan fingerprint density at radius 1 is 0.900 bits per heavy atom. The van der Waals surface area contributed by atoms with Gasteiger partial charge in [-0.25, -0.2) is 0 Å². The van der Waals surface area contributed by atoms with Crippen LogP contribution in [0.3, 0.4) is 0 Å². The second-order valence-corrected chi connectivity index (χ2v) is 7.80. The van der Waals surface area contributed by atoms with Crippen LogP contribution in [0.25, 0.3) is 0 Å². The summed E-state index contributed by atoms with van der Waals surface area (Å²) in [6, 6.07) is 0. The van der Waals surface area contributed by atoms with Gasteiger partial charge in [-0.1, -0.05) is 31.9 Å². The molecule has 0 aromatic rings. The monoisotopic (exact) mass is 264 g/mol. The fraction of sp³-hybridized carbons (Fsp3) is 1.00. The number of hydrogen-bond donors (Lipinski definition) is 0. The molecule has 3 fully saturated rings. The molecule has 4 unspecified atom stereocenters. The third-order valence-electron chi connectivity index (χ3n) is 3.55. The van der Waals surface area contributed by atoms with Crippen molar-refractivity contribution >= 4 is 31.9 Å². The van der Waals surface area contributed by atoms with Crippen LogP contribution >= 0.6 is 31.9 Å². The van der Waals surface area contributed by atoms with E-state index in [4.69, 9.17) is 0 Å². The van der Waals surface area contributed by atoms with Crippen molar-refractivity contribution in [3.8, 4) is 0 Å². The number of halogens is 2. The minimum atomic E-state index is 0.382. The first kappa shape index (κ1) is 6.47. The molecule has 0 heterocycles. The van der Waals surface area contributed by atoms with E-state index >= 15 is 0 Å². The average Bonchev–Trinajstić information content (AvgIpc) is 2.70. The first-order chi connectivity index (χ1) is 4.69. The molecule has 0 amide bonds. The summed E-state index contributed by atoms with van der Waals surface area (Å²) >= 11 is 7.49. The van der Waals surface area contributed by atoms with Crippen LogP contribution in [0.2, 0.25) is 0 Å². The van der Waals surface area contributed by atoms with Crippen LogP contribution in [0.5, 0.6) is 0 Å². The van der Waals surface area contributed by atoms with E-state index in [2.05, 4.69) is 31.9 Å². The summed E-state index contributed by atoms with van der Waals surface area (Å²) < 4.78 is 0.382. The van der Waals surface area contributed by atoms with Crippen molar-refractivity contribution in [1.29, 1.82) is 0 Å². The van der Waals surface area contributed by atoms with Crippen molar-refractivity contribution in [3.63, 3.8) is 0 Å². The zero-order chi connectivity index (χ0) is 6.93. The van der Waals surface area contributed by atoms with Gasteiger partial charge in [-0.3, -0.25) is 0 Å². The second-order valence-electron chi connectivity index (χ2n) is 4.11. The van der Waals surface area contributed by atoms with Gasteiger partial charge in [-0.05, 0) is 42.9 Å². The smallest absolute Gasteiger partial charge is 0.0721 e. The van der Waals surface area contributed by atoms with E-state index in [0.29, 0.717) is 3.23 Å². The van der Waals surface area contributed by atoms with Gasteiger partial charge in [0.25, 0.3) is 0 Å². The molecule has 3 aliphatic carbocycles. The van der Waals surface area contributed by atoms with Crippen molar-refractivity contribution in [1.82, 2.24) is 0 Å². The van der Waals surface area contributed by atoms with Crippen molar-refractivity contribution in [2.75, 3.05) is 0 Å². The molecule has 2 heteroatoms. The topological polar surface area (TPSA) is 0 Å². The Balaban J connectivity index is 1.83. The molecule has 56 valence electrons. The van der Waals surface area contributed by atoms with E-state index in [-0.39, 0.29) is 0 Å². The van der Waals surface area contributed by atoms with E-state index < -0.39 is 0 Å². The lowest BCUT2D eigenvalue weighted by atomic mass is 10.0. The molecule has 3 saturated carbocycles. The summed E-state index contributed by atoms with van der Waals surface area (Å²) in [7, 11) is 0. The summed E-state index contributed by atoms with van der Waals surface area (Å²) in [5, 5.41) is 0. The van der Waals surface area contributed by atoms with E-state index in [1.807, 2.05) is 0 Å². The standard InChI is InChI=1S/C8H10Br2/c9-8(10)6-2-4-1-5(4)3-7(6)8/h4-7H,1-3H2. The number of fused-ring (bicyclic) bond motifs is 2. The van der Waals surface area contributed by atoms with Gasteiger partial charge in [0.2, 0.25) is 0 Å². The first-order valence-corrected chi connectivity index (χ1v) is 5.66. The highest BCUT2D eigenvalue weighted by Crippen LogP contribution is 2.73. The molecule has 0 aromatic heterocycles. The van der Waals surface area contributed by atoms with Crippen LogP contribution in [0.15, 0.2) is 0 Å². The highest BCUT2D eigenvalue weighted by molar-refractivity contribution is 9.25. The largest absolute Gasteiger partial charge is 0.0868 e. The molecule has 10 heavy (non-hydrogen) atoms. The van der Waals surface area contributed by atoms with Gasteiger partial charge in [0.05, 0.1) is 3.23 Å². The molecule has 4 atom stereocenters. The molecule has 0 aliphatic heterocycles. The zero-order valence-electron chi connectivity index (χ0n) is 5.69. The van der Waals surface area contributed by atoms with Crippen LogP contribution in [0.1, 0.15) is 19.3 Å². The van der Waals surface area contributed by atoms with E-state index in [1.165, 1.54) is 12.8 Å². The van der Waals surface area contributed by atoms with Gasteiger partial charge < -0.3 is 0 Å². The molecule has 0 bridgehead atoms. The molecular formula is C8H10Br2. The lowest BCUT2D eigenvalue weighted by Crippen LogP contribution is -1.95. The number of hydrogen-bond acceptors (Lipinski definition) is 0. The van der Waals surface area contributed by atoms with Gasteiger partial charge in [0.15, 0.2) is 0 Å². The minimum absolute atomic E-state index is 0.382. The first-order valence-electron chi connectivity index (χ1n) is 4.07. The molecule has 0 aromatic carbocycles. The molecule has 0 N–H and O–H groups in total. The van der Waals surface area contributed by atoms with Gasteiger partial charge in [-0.2, -0.15) is 0 Å². The quantitative estimate of drug-likeness (QED) is 0.591. The Hall–Kier alpha value is 0.960. The van der Waals surface area contributed by atoms with Crippen LogP contribution in [0, 0.1) is 23.7 Å². The average molecular weight is 266 g/mol. The van der Waals surface area contributed by atoms with Gasteiger partial charge in [0.1, 0.15) is 0 Å². The molecular weight excluding hydrogens is 256 g/mol. The zero-order valence-corrected chi connectivity index (χ0v) is 8.86. The summed E-state index contributed by atoms with van der Waals surface area (Å²) in [6.45, 7) is 0. The Labute approximate surface area is 78.0 Å². The second kappa shape index (κ2) is 1.66. The lowest BCUT2D eigenvalue weighted by molar-refractivity contribution is 0.457. The van der Waals surface area contributed by atoms with Gasteiger partial charge in [-0.15, -0.1) is 0 Å². The normalized spacial score (nSPS) is 60.6. The maximum atomic E-state index is 3.74. The van der Waals surface area contributed by atoms with Crippen molar-refractivity contribution in [2.24, 2.45) is 23.7 Å². The van der Waals surface area contributed by atoms with Crippen molar-refractivity contribution < 1.29 is 0 Å². The van der Waals surface area contributed by atoms with Crippen LogP contribution < -0.4 is 0 Å². The summed E-state index contributed by atoms with van der Waals surface area (Å²) in [4.78, 5) is 0. The molecule has 3 aliphatic rings. The van der Waals surface area contributed by atoms with E-state index in [9.17, 15) is 0 Å². The number of alkyl halides is 2. The van der Waals surface area contributed by atoms with Crippen molar-refractivity contribution in [3.05, 3.63) is 0 Å².